The normalized spacial score (nSPS) is 13.1. The molecule has 0 amide bonds. The molecule has 0 unspecified atom stereocenters. The van der Waals surface area contributed by atoms with Crippen LogP contribution in [0.1, 0.15) is 36.0 Å². The summed E-state index contributed by atoms with van der Waals surface area (Å²) in [5.41, 5.74) is 6.53. The second kappa shape index (κ2) is 12.7. The number of likely N-dealkylation sites (N-methyl/N-ethyl adjacent to an activating group) is 1. The predicted molar refractivity (Wildman–Crippen MR) is 148 cm³/mol. The van der Waals surface area contributed by atoms with Gasteiger partial charge in [0.25, 0.3) is 0 Å². The third kappa shape index (κ3) is 7.30. The molecule has 1 aliphatic rings. The van der Waals surface area contributed by atoms with Gasteiger partial charge in [-0.15, -0.1) is 0 Å². The summed E-state index contributed by atoms with van der Waals surface area (Å²) in [6.07, 6.45) is 9.39. The fourth-order valence-electron chi connectivity index (χ4n) is 4.73. The zero-order chi connectivity index (χ0) is 24.5. The number of halogens is 1. The number of allylic oxidation sites excluding steroid dienone is 1. The van der Waals surface area contributed by atoms with Gasteiger partial charge in [-0.2, -0.15) is 0 Å². The fourth-order valence-corrected chi connectivity index (χ4v) is 4.89. The Bertz CT molecular complexity index is 1140. The van der Waals surface area contributed by atoms with Crippen LogP contribution in [0.3, 0.4) is 0 Å². The van der Waals surface area contributed by atoms with Crippen molar-refractivity contribution in [1.29, 1.82) is 0 Å². The molecule has 3 aromatic carbocycles. The maximum absolute atomic E-state index is 12.2. The first-order chi connectivity index (χ1) is 17.1. The first kappa shape index (κ1) is 25.2. The summed E-state index contributed by atoms with van der Waals surface area (Å²) < 4.78 is 0. The molecular formula is C31H35ClN2O. The summed E-state index contributed by atoms with van der Waals surface area (Å²) >= 11 is 6.38. The van der Waals surface area contributed by atoms with Gasteiger partial charge in [-0.25, -0.2) is 0 Å². The van der Waals surface area contributed by atoms with Crippen molar-refractivity contribution in [2.75, 3.05) is 31.6 Å². The molecule has 0 aromatic heterocycles. The Balaban J connectivity index is 1.24. The summed E-state index contributed by atoms with van der Waals surface area (Å²) in [6, 6.07) is 25.2. The molecular weight excluding hydrogens is 452 g/mol. The Hall–Kier alpha value is -2.88. The highest BCUT2D eigenvalue weighted by Gasteiger charge is 2.20. The maximum Gasteiger partial charge on any atom is 0.155 e. The molecule has 182 valence electrons. The number of carbonyl (C=O) groups is 1. The van der Waals surface area contributed by atoms with Gasteiger partial charge in [0.15, 0.2) is 5.78 Å². The minimum Gasteiger partial charge on any atom is -0.341 e. The van der Waals surface area contributed by atoms with Gasteiger partial charge in [0.2, 0.25) is 0 Å². The average molecular weight is 487 g/mol. The Morgan fingerprint density at radius 2 is 1.69 bits per heavy atom. The van der Waals surface area contributed by atoms with E-state index in [1.165, 1.54) is 28.1 Å². The molecule has 0 spiro atoms. The molecule has 1 heterocycles. The average Bonchev–Trinajstić information content (AvgIpc) is 3.02. The van der Waals surface area contributed by atoms with Crippen LogP contribution < -0.4 is 4.90 Å². The standard InChI is InChI=1S/C31H35ClN2O/c1-33(22-9-13-29(35)20-15-25-10-3-2-4-11-25)21-7-8-23-34-30-14-6-5-12-26(30)16-17-27-18-19-28(32)24-31(27)34/h2-6,9-14,18-19,24H,7-8,15-17,20-23H2,1H3/b13-9+. The van der Waals surface area contributed by atoms with Crippen molar-refractivity contribution in [3.63, 3.8) is 0 Å². The molecule has 0 fully saturated rings. The van der Waals surface area contributed by atoms with E-state index in [4.69, 9.17) is 11.6 Å². The van der Waals surface area contributed by atoms with Crippen molar-refractivity contribution >= 4 is 28.8 Å². The molecule has 0 saturated carbocycles. The monoisotopic (exact) mass is 486 g/mol. The zero-order valence-corrected chi connectivity index (χ0v) is 21.4. The van der Waals surface area contributed by atoms with E-state index in [-0.39, 0.29) is 5.78 Å². The molecule has 35 heavy (non-hydrogen) atoms. The van der Waals surface area contributed by atoms with Crippen molar-refractivity contribution in [2.24, 2.45) is 0 Å². The van der Waals surface area contributed by atoms with Crippen LogP contribution in [0.4, 0.5) is 11.4 Å². The van der Waals surface area contributed by atoms with Gasteiger partial charge in [0.05, 0.1) is 0 Å². The van der Waals surface area contributed by atoms with Crippen molar-refractivity contribution in [3.8, 4) is 0 Å². The van der Waals surface area contributed by atoms with Crippen molar-refractivity contribution in [3.05, 3.63) is 107 Å². The van der Waals surface area contributed by atoms with E-state index in [2.05, 4.69) is 65.4 Å². The predicted octanol–water partition coefficient (Wildman–Crippen LogP) is 7.05. The van der Waals surface area contributed by atoms with Gasteiger partial charge in [-0.1, -0.05) is 72.3 Å². The molecule has 3 aromatic rings. The quantitative estimate of drug-likeness (QED) is 0.214. The Kier molecular flexibility index (Phi) is 9.16. The van der Waals surface area contributed by atoms with E-state index < -0.39 is 0 Å². The van der Waals surface area contributed by atoms with Crippen LogP contribution in [0.25, 0.3) is 0 Å². The minimum atomic E-state index is 0.194. The lowest BCUT2D eigenvalue weighted by atomic mass is 10.0. The molecule has 0 atom stereocenters. The van der Waals surface area contributed by atoms with Gasteiger partial charge in [0, 0.05) is 35.9 Å². The number of hydrogen-bond donors (Lipinski definition) is 0. The largest absolute Gasteiger partial charge is 0.341 e. The number of unbranched alkanes of at least 4 members (excludes halogenated alkanes) is 1. The van der Waals surface area contributed by atoms with E-state index in [0.29, 0.717) is 6.42 Å². The molecule has 0 bridgehead atoms. The molecule has 4 heteroatoms. The van der Waals surface area contributed by atoms with Crippen molar-refractivity contribution in [1.82, 2.24) is 4.90 Å². The van der Waals surface area contributed by atoms with Crippen molar-refractivity contribution in [2.45, 2.75) is 38.5 Å². The van der Waals surface area contributed by atoms with Crippen LogP contribution in [0.5, 0.6) is 0 Å². The highest BCUT2D eigenvalue weighted by atomic mass is 35.5. The molecule has 0 saturated heterocycles. The van der Waals surface area contributed by atoms with E-state index in [1.54, 1.807) is 6.08 Å². The van der Waals surface area contributed by atoms with Crippen LogP contribution in [-0.4, -0.2) is 37.4 Å². The Morgan fingerprint density at radius 1 is 0.943 bits per heavy atom. The summed E-state index contributed by atoms with van der Waals surface area (Å²) in [5.74, 6) is 0.194. The first-order valence-electron chi connectivity index (χ1n) is 12.7. The zero-order valence-electron chi connectivity index (χ0n) is 20.6. The highest BCUT2D eigenvalue weighted by Crippen LogP contribution is 2.37. The Labute approximate surface area is 215 Å². The van der Waals surface area contributed by atoms with Gasteiger partial charge >= 0.3 is 0 Å². The van der Waals surface area contributed by atoms with Crippen LogP contribution in [-0.2, 0) is 24.1 Å². The summed E-state index contributed by atoms with van der Waals surface area (Å²) in [4.78, 5) is 16.9. The lowest BCUT2D eigenvalue weighted by molar-refractivity contribution is -0.114. The van der Waals surface area contributed by atoms with Crippen molar-refractivity contribution < 1.29 is 4.79 Å². The number of aryl methyl sites for hydroxylation is 3. The van der Waals surface area contributed by atoms with E-state index in [0.717, 1.165) is 56.8 Å². The number of rotatable bonds is 11. The number of para-hydroxylation sites is 1. The number of ketones is 1. The first-order valence-corrected chi connectivity index (χ1v) is 13.0. The van der Waals surface area contributed by atoms with Crippen LogP contribution in [0.2, 0.25) is 5.02 Å². The smallest absolute Gasteiger partial charge is 0.155 e. The third-order valence-electron chi connectivity index (χ3n) is 6.68. The molecule has 0 radical (unpaired) electrons. The number of fused-ring (bicyclic) bond motifs is 2. The second-order valence-corrected chi connectivity index (χ2v) is 9.81. The number of anilines is 2. The fraction of sp³-hybridized carbons (Fsp3) is 0.323. The maximum atomic E-state index is 12.2. The Morgan fingerprint density at radius 3 is 2.51 bits per heavy atom. The summed E-state index contributed by atoms with van der Waals surface area (Å²) in [6.45, 7) is 2.76. The van der Waals surface area contributed by atoms with Crippen LogP contribution in [0, 0.1) is 0 Å². The molecule has 0 N–H and O–H groups in total. The van der Waals surface area contributed by atoms with Gasteiger partial charge in [0.1, 0.15) is 0 Å². The minimum absolute atomic E-state index is 0.194. The highest BCUT2D eigenvalue weighted by molar-refractivity contribution is 6.30. The summed E-state index contributed by atoms with van der Waals surface area (Å²) in [5, 5.41) is 0.790. The van der Waals surface area contributed by atoms with E-state index in [9.17, 15) is 4.79 Å². The van der Waals surface area contributed by atoms with E-state index in [1.807, 2.05) is 30.3 Å². The lowest BCUT2D eigenvalue weighted by Gasteiger charge is -2.27. The number of benzene rings is 3. The van der Waals surface area contributed by atoms with Crippen LogP contribution in [0.15, 0.2) is 84.9 Å². The summed E-state index contributed by atoms with van der Waals surface area (Å²) in [7, 11) is 2.12. The topological polar surface area (TPSA) is 23.6 Å². The van der Waals surface area contributed by atoms with Gasteiger partial charge < -0.3 is 9.80 Å². The molecule has 4 rings (SSSR count). The van der Waals surface area contributed by atoms with Gasteiger partial charge in [-0.3, -0.25) is 4.79 Å². The van der Waals surface area contributed by atoms with Gasteiger partial charge in [-0.05, 0) is 86.7 Å². The molecule has 3 nitrogen and oxygen atoms in total. The second-order valence-electron chi connectivity index (χ2n) is 9.38. The molecule has 0 aliphatic carbocycles. The van der Waals surface area contributed by atoms with Crippen LogP contribution >= 0.6 is 11.6 Å². The molecule has 1 aliphatic heterocycles. The number of carbonyl (C=O) groups excluding carboxylic acids is 1. The lowest BCUT2D eigenvalue weighted by Crippen LogP contribution is -2.23. The number of nitrogens with zero attached hydrogens (tertiary/aromatic N) is 2. The SMILES string of the molecule is CN(C/C=C/C(=O)CCc1ccccc1)CCCCN1c2ccccc2CCc2ccc(Cl)cc21. The third-order valence-corrected chi connectivity index (χ3v) is 6.91. The van der Waals surface area contributed by atoms with E-state index >= 15 is 0 Å². The number of hydrogen-bond acceptors (Lipinski definition) is 3.